The SMILES string of the molecule is Cc1cc(N2CCCCC2)ccc1C(=O)N(C)C. The van der Waals surface area contributed by atoms with Crippen LogP contribution in [0, 0.1) is 6.92 Å². The van der Waals surface area contributed by atoms with E-state index >= 15 is 0 Å². The quantitative estimate of drug-likeness (QED) is 0.801. The van der Waals surface area contributed by atoms with Crippen molar-refractivity contribution in [2.75, 3.05) is 32.1 Å². The molecule has 1 aliphatic rings. The number of hydrogen-bond acceptors (Lipinski definition) is 2. The van der Waals surface area contributed by atoms with E-state index in [1.165, 1.54) is 24.9 Å². The zero-order valence-electron chi connectivity index (χ0n) is 11.6. The van der Waals surface area contributed by atoms with Gasteiger partial charge >= 0.3 is 0 Å². The Morgan fingerprint density at radius 3 is 2.39 bits per heavy atom. The van der Waals surface area contributed by atoms with Crippen molar-refractivity contribution in [3.63, 3.8) is 0 Å². The van der Waals surface area contributed by atoms with Gasteiger partial charge in [-0.1, -0.05) is 0 Å². The summed E-state index contributed by atoms with van der Waals surface area (Å²) in [5, 5.41) is 0. The van der Waals surface area contributed by atoms with E-state index in [4.69, 9.17) is 0 Å². The largest absolute Gasteiger partial charge is 0.372 e. The number of amides is 1. The minimum absolute atomic E-state index is 0.0812. The predicted octanol–water partition coefficient (Wildman–Crippen LogP) is 2.69. The summed E-state index contributed by atoms with van der Waals surface area (Å²) in [6.07, 6.45) is 3.89. The first-order valence-electron chi connectivity index (χ1n) is 6.67. The number of anilines is 1. The van der Waals surface area contributed by atoms with Gasteiger partial charge in [0.25, 0.3) is 5.91 Å². The van der Waals surface area contributed by atoms with E-state index in [1.807, 2.05) is 13.0 Å². The molecule has 0 N–H and O–H groups in total. The number of carbonyl (C=O) groups excluding carboxylic acids is 1. The molecule has 0 atom stereocenters. The molecule has 0 unspecified atom stereocenters. The van der Waals surface area contributed by atoms with E-state index in [2.05, 4.69) is 17.0 Å². The van der Waals surface area contributed by atoms with Crippen molar-refractivity contribution in [1.82, 2.24) is 4.90 Å². The monoisotopic (exact) mass is 246 g/mol. The van der Waals surface area contributed by atoms with Crippen LogP contribution in [0.4, 0.5) is 5.69 Å². The maximum Gasteiger partial charge on any atom is 0.253 e. The fourth-order valence-corrected chi connectivity index (χ4v) is 2.48. The minimum Gasteiger partial charge on any atom is -0.372 e. The molecular formula is C15H22N2O. The van der Waals surface area contributed by atoms with E-state index in [0.29, 0.717) is 0 Å². The molecule has 0 bridgehead atoms. The van der Waals surface area contributed by atoms with Gasteiger partial charge in [0.15, 0.2) is 0 Å². The van der Waals surface area contributed by atoms with E-state index in [1.54, 1.807) is 19.0 Å². The van der Waals surface area contributed by atoms with E-state index in [-0.39, 0.29) is 5.91 Å². The highest BCUT2D eigenvalue weighted by Crippen LogP contribution is 2.23. The summed E-state index contributed by atoms with van der Waals surface area (Å²) in [6.45, 7) is 4.30. The summed E-state index contributed by atoms with van der Waals surface area (Å²) >= 11 is 0. The van der Waals surface area contributed by atoms with Crippen LogP contribution in [-0.2, 0) is 0 Å². The predicted molar refractivity (Wildman–Crippen MR) is 75.3 cm³/mol. The molecule has 0 aliphatic carbocycles. The van der Waals surface area contributed by atoms with Crippen LogP contribution in [0.3, 0.4) is 0 Å². The highest BCUT2D eigenvalue weighted by atomic mass is 16.2. The van der Waals surface area contributed by atoms with Crippen molar-refractivity contribution in [3.05, 3.63) is 29.3 Å². The topological polar surface area (TPSA) is 23.6 Å². The molecule has 0 radical (unpaired) electrons. The Morgan fingerprint density at radius 1 is 1.17 bits per heavy atom. The fourth-order valence-electron chi connectivity index (χ4n) is 2.48. The Bertz CT molecular complexity index is 434. The third kappa shape index (κ3) is 2.66. The number of hydrogen-bond donors (Lipinski definition) is 0. The molecule has 1 aliphatic heterocycles. The average molecular weight is 246 g/mol. The standard InChI is InChI=1S/C15H22N2O/c1-12-11-13(17-9-5-4-6-10-17)7-8-14(12)15(18)16(2)3/h7-8,11H,4-6,9-10H2,1-3H3. The van der Waals surface area contributed by atoms with Crippen LogP contribution in [-0.4, -0.2) is 38.0 Å². The van der Waals surface area contributed by atoms with Gasteiger partial charge in [0.1, 0.15) is 0 Å². The van der Waals surface area contributed by atoms with Gasteiger partial charge in [-0.05, 0) is 49.9 Å². The third-order valence-corrected chi connectivity index (χ3v) is 3.57. The van der Waals surface area contributed by atoms with Crippen LogP contribution in [0.15, 0.2) is 18.2 Å². The maximum absolute atomic E-state index is 12.0. The molecule has 3 nitrogen and oxygen atoms in total. The van der Waals surface area contributed by atoms with Gasteiger partial charge < -0.3 is 9.80 Å². The zero-order valence-corrected chi connectivity index (χ0v) is 11.6. The number of piperidine rings is 1. The first kappa shape index (κ1) is 12.9. The molecule has 1 heterocycles. The summed E-state index contributed by atoms with van der Waals surface area (Å²) in [5.41, 5.74) is 3.13. The second-order valence-corrected chi connectivity index (χ2v) is 5.25. The molecule has 0 aromatic heterocycles. The molecular weight excluding hydrogens is 224 g/mol. The lowest BCUT2D eigenvalue weighted by Gasteiger charge is -2.29. The van der Waals surface area contributed by atoms with Crippen molar-refractivity contribution >= 4 is 11.6 Å². The lowest BCUT2D eigenvalue weighted by Crippen LogP contribution is -2.29. The van der Waals surface area contributed by atoms with E-state index in [9.17, 15) is 4.79 Å². The second-order valence-electron chi connectivity index (χ2n) is 5.25. The van der Waals surface area contributed by atoms with Crippen molar-refractivity contribution in [3.8, 4) is 0 Å². The Balaban J connectivity index is 2.21. The van der Waals surface area contributed by atoms with Gasteiger partial charge in [-0.3, -0.25) is 4.79 Å². The summed E-state index contributed by atoms with van der Waals surface area (Å²) in [5.74, 6) is 0.0812. The van der Waals surface area contributed by atoms with Crippen molar-refractivity contribution in [2.45, 2.75) is 26.2 Å². The number of aryl methyl sites for hydroxylation is 1. The molecule has 1 aromatic carbocycles. The molecule has 0 saturated carbocycles. The molecule has 98 valence electrons. The Morgan fingerprint density at radius 2 is 1.83 bits per heavy atom. The summed E-state index contributed by atoms with van der Waals surface area (Å²) in [4.78, 5) is 16.0. The molecule has 1 aromatic rings. The molecule has 1 fully saturated rings. The first-order chi connectivity index (χ1) is 8.59. The number of nitrogens with zero attached hydrogens (tertiary/aromatic N) is 2. The molecule has 2 rings (SSSR count). The lowest BCUT2D eigenvalue weighted by molar-refractivity contribution is 0.0827. The van der Waals surface area contributed by atoms with Crippen molar-refractivity contribution in [1.29, 1.82) is 0 Å². The number of carbonyl (C=O) groups is 1. The van der Waals surface area contributed by atoms with E-state index < -0.39 is 0 Å². The summed E-state index contributed by atoms with van der Waals surface area (Å²) in [7, 11) is 3.58. The van der Waals surface area contributed by atoms with Crippen LogP contribution in [0.25, 0.3) is 0 Å². The Kier molecular flexibility index (Phi) is 3.90. The minimum atomic E-state index is 0.0812. The zero-order chi connectivity index (χ0) is 13.1. The van der Waals surface area contributed by atoms with Gasteiger partial charge in [-0.25, -0.2) is 0 Å². The normalized spacial score (nSPS) is 15.6. The highest BCUT2D eigenvalue weighted by molar-refractivity contribution is 5.95. The lowest BCUT2D eigenvalue weighted by atomic mass is 10.0. The fraction of sp³-hybridized carbons (Fsp3) is 0.533. The third-order valence-electron chi connectivity index (χ3n) is 3.57. The summed E-state index contributed by atoms with van der Waals surface area (Å²) < 4.78 is 0. The Hall–Kier alpha value is -1.51. The highest BCUT2D eigenvalue weighted by Gasteiger charge is 2.15. The molecule has 1 saturated heterocycles. The summed E-state index contributed by atoms with van der Waals surface area (Å²) in [6, 6.07) is 6.18. The van der Waals surface area contributed by atoms with Crippen LogP contribution in [0.2, 0.25) is 0 Å². The first-order valence-corrected chi connectivity index (χ1v) is 6.67. The molecule has 0 spiro atoms. The van der Waals surface area contributed by atoms with Crippen LogP contribution in [0.5, 0.6) is 0 Å². The number of benzene rings is 1. The maximum atomic E-state index is 12.0. The molecule has 18 heavy (non-hydrogen) atoms. The Labute approximate surface area is 109 Å². The van der Waals surface area contributed by atoms with Crippen molar-refractivity contribution < 1.29 is 4.79 Å². The smallest absolute Gasteiger partial charge is 0.253 e. The van der Waals surface area contributed by atoms with Gasteiger partial charge in [-0.2, -0.15) is 0 Å². The van der Waals surface area contributed by atoms with Gasteiger partial charge in [-0.15, -0.1) is 0 Å². The number of rotatable bonds is 2. The van der Waals surface area contributed by atoms with E-state index in [0.717, 1.165) is 24.2 Å². The van der Waals surface area contributed by atoms with Gasteiger partial charge in [0, 0.05) is 38.4 Å². The van der Waals surface area contributed by atoms with Gasteiger partial charge in [0.05, 0.1) is 0 Å². The van der Waals surface area contributed by atoms with Crippen LogP contribution in [0.1, 0.15) is 35.2 Å². The molecule has 3 heteroatoms. The average Bonchev–Trinajstić information content (AvgIpc) is 2.38. The van der Waals surface area contributed by atoms with Crippen LogP contribution < -0.4 is 4.90 Å². The van der Waals surface area contributed by atoms with Crippen molar-refractivity contribution in [2.24, 2.45) is 0 Å². The van der Waals surface area contributed by atoms with Crippen LogP contribution >= 0.6 is 0 Å². The van der Waals surface area contributed by atoms with Gasteiger partial charge in [0.2, 0.25) is 0 Å². The molecule has 1 amide bonds. The second kappa shape index (κ2) is 5.42.